The largest absolute Gasteiger partial charge is 0.378 e. The summed E-state index contributed by atoms with van der Waals surface area (Å²) in [5, 5.41) is 5.93. The molecule has 2 amide bonds. The Morgan fingerprint density at radius 2 is 1.76 bits per heavy atom. The van der Waals surface area contributed by atoms with E-state index in [1.165, 1.54) is 11.1 Å². The zero-order valence-electron chi connectivity index (χ0n) is 24.8. The minimum atomic E-state index is -0.176. The third kappa shape index (κ3) is 7.83. The molecule has 2 N–H and O–H groups in total. The molecule has 5 rings (SSSR count). The first-order chi connectivity index (χ1) is 19.9. The van der Waals surface area contributed by atoms with Gasteiger partial charge in [0.25, 0.3) is 0 Å². The highest BCUT2D eigenvalue weighted by atomic mass is 16.5. The van der Waals surface area contributed by atoms with Gasteiger partial charge in [-0.25, -0.2) is 14.8 Å². The molecule has 2 aliphatic rings. The first-order valence-electron chi connectivity index (χ1n) is 15.0. The number of fused-ring (bicyclic) bond motifs is 1. The van der Waals surface area contributed by atoms with Crippen molar-refractivity contribution in [3.63, 3.8) is 0 Å². The first kappa shape index (κ1) is 29.0. The van der Waals surface area contributed by atoms with Gasteiger partial charge in [-0.2, -0.15) is 0 Å². The summed E-state index contributed by atoms with van der Waals surface area (Å²) < 4.78 is 5.63. The van der Waals surface area contributed by atoms with Crippen molar-refractivity contribution in [2.24, 2.45) is 5.41 Å². The zero-order valence-corrected chi connectivity index (χ0v) is 24.8. The number of carbonyl (C=O) groups excluding carboxylic acids is 1. The Labute approximate surface area is 244 Å². The number of morpholine rings is 1. The van der Waals surface area contributed by atoms with E-state index in [-0.39, 0.29) is 6.03 Å². The van der Waals surface area contributed by atoms with Crippen LogP contribution in [0.4, 0.5) is 16.3 Å². The standard InChI is InChI=1S/C33H44N6O2/c1-4-33(2,3)16-8-17-34-32(40)35-27-13-11-26(12-14-27)30-36-29-24-38(23-25-9-6-5-7-10-25)18-15-28(29)31(37-30)39-19-21-41-22-20-39/h5-7,9-14H,4,8,15-24H2,1-3H3,(H2,34,35,40). The van der Waals surface area contributed by atoms with Crippen LogP contribution >= 0.6 is 0 Å². The average molecular weight is 557 g/mol. The molecule has 0 unspecified atom stereocenters. The van der Waals surface area contributed by atoms with E-state index in [9.17, 15) is 4.79 Å². The summed E-state index contributed by atoms with van der Waals surface area (Å²) in [6, 6.07) is 18.3. The molecule has 0 aliphatic carbocycles. The second-order valence-corrected chi connectivity index (χ2v) is 11.9. The molecular weight excluding hydrogens is 512 g/mol. The van der Waals surface area contributed by atoms with Crippen LogP contribution < -0.4 is 15.5 Å². The van der Waals surface area contributed by atoms with Gasteiger partial charge in [0.05, 0.1) is 18.9 Å². The molecule has 0 spiro atoms. The fourth-order valence-corrected chi connectivity index (χ4v) is 5.43. The Balaban J connectivity index is 1.29. The summed E-state index contributed by atoms with van der Waals surface area (Å²) in [5.41, 5.74) is 5.68. The Bertz CT molecular complexity index is 1290. The molecule has 0 bridgehead atoms. The fourth-order valence-electron chi connectivity index (χ4n) is 5.43. The van der Waals surface area contributed by atoms with Crippen molar-refractivity contribution in [2.75, 3.05) is 49.6 Å². The second-order valence-electron chi connectivity index (χ2n) is 11.9. The number of carbonyl (C=O) groups is 1. The molecule has 8 nitrogen and oxygen atoms in total. The maximum absolute atomic E-state index is 12.4. The fraction of sp³-hybridized carbons (Fsp3) is 0.485. The summed E-state index contributed by atoms with van der Waals surface area (Å²) >= 11 is 0. The van der Waals surface area contributed by atoms with E-state index in [0.29, 0.717) is 25.2 Å². The van der Waals surface area contributed by atoms with E-state index >= 15 is 0 Å². The summed E-state index contributed by atoms with van der Waals surface area (Å²) in [6.45, 7) is 13.2. The third-order valence-electron chi connectivity index (χ3n) is 8.36. The van der Waals surface area contributed by atoms with E-state index in [0.717, 1.165) is 87.0 Å². The molecule has 0 atom stereocenters. The van der Waals surface area contributed by atoms with E-state index < -0.39 is 0 Å². The highest BCUT2D eigenvalue weighted by Gasteiger charge is 2.26. The van der Waals surface area contributed by atoms with Gasteiger partial charge in [-0.3, -0.25) is 4.90 Å². The van der Waals surface area contributed by atoms with E-state index in [2.05, 4.69) is 71.5 Å². The van der Waals surface area contributed by atoms with Crippen LogP contribution in [0, 0.1) is 5.41 Å². The topological polar surface area (TPSA) is 82.6 Å². The Kier molecular flexibility index (Phi) is 9.52. The van der Waals surface area contributed by atoms with Gasteiger partial charge in [0.2, 0.25) is 0 Å². The van der Waals surface area contributed by atoms with Crippen LogP contribution in [0.25, 0.3) is 11.4 Å². The van der Waals surface area contributed by atoms with Gasteiger partial charge in [0.15, 0.2) is 5.82 Å². The highest BCUT2D eigenvalue weighted by Crippen LogP contribution is 2.31. The molecule has 3 aromatic rings. The monoisotopic (exact) mass is 556 g/mol. The van der Waals surface area contributed by atoms with Gasteiger partial charge in [-0.1, -0.05) is 57.5 Å². The lowest BCUT2D eigenvalue weighted by Gasteiger charge is -2.34. The number of nitrogens with one attached hydrogen (secondary N) is 2. The molecule has 0 saturated carbocycles. The number of nitrogens with zero attached hydrogens (tertiary/aromatic N) is 4. The number of hydrogen-bond acceptors (Lipinski definition) is 6. The van der Waals surface area contributed by atoms with E-state index in [1.54, 1.807) is 0 Å². The number of rotatable bonds is 10. The van der Waals surface area contributed by atoms with Crippen molar-refractivity contribution in [3.05, 3.63) is 71.4 Å². The van der Waals surface area contributed by atoms with Crippen LogP contribution in [0.2, 0.25) is 0 Å². The second kappa shape index (κ2) is 13.4. The van der Waals surface area contributed by atoms with Crippen molar-refractivity contribution in [3.8, 4) is 11.4 Å². The number of amides is 2. The normalized spacial score (nSPS) is 15.8. The van der Waals surface area contributed by atoms with Crippen molar-refractivity contribution >= 4 is 17.5 Å². The number of anilines is 2. The Hall–Kier alpha value is -3.49. The number of hydrogen-bond donors (Lipinski definition) is 2. The SMILES string of the molecule is CCC(C)(C)CCCNC(=O)Nc1ccc(-c2nc3c(c(N4CCOCC4)n2)CCN(Cc2ccccc2)C3)cc1. The molecule has 2 aromatic carbocycles. The number of aromatic nitrogens is 2. The summed E-state index contributed by atoms with van der Waals surface area (Å²) in [7, 11) is 0. The number of benzene rings is 2. The maximum atomic E-state index is 12.4. The lowest BCUT2D eigenvalue weighted by Crippen LogP contribution is -2.39. The van der Waals surface area contributed by atoms with Gasteiger partial charge in [0.1, 0.15) is 5.82 Å². The summed E-state index contributed by atoms with van der Waals surface area (Å²) in [6.07, 6.45) is 4.13. The molecule has 41 heavy (non-hydrogen) atoms. The van der Waals surface area contributed by atoms with Crippen LogP contribution in [0.15, 0.2) is 54.6 Å². The maximum Gasteiger partial charge on any atom is 0.319 e. The van der Waals surface area contributed by atoms with Crippen molar-refractivity contribution in [1.29, 1.82) is 0 Å². The van der Waals surface area contributed by atoms with E-state index in [1.807, 2.05) is 24.3 Å². The highest BCUT2D eigenvalue weighted by molar-refractivity contribution is 5.89. The smallest absolute Gasteiger partial charge is 0.319 e. The zero-order chi connectivity index (χ0) is 28.7. The van der Waals surface area contributed by atoms with Crippen molar-refractivity contribution in [2.45, 2.75) is 59.5 Å². The number of urea groups is 1. The third-order valence-corrected chi connectivity index (χ3v) is 8.36. The van der Waals surface area contributed by atoms with Crippen LogP contribution in [0.1, 0.15) is 56.9 Å². The van der Waals surface area contributed by atoms with Crippen molar-refractivity contribution < 1.29 is 9.53 Å². The lowest BCUT2D eigenvalue weighted by atomic mass is 9.85. The molecular formula is C33H44N6O2. The quantitative estimate of drug-likeness (QED) is 0.304. The average Bonchev–Trinajstić information content (AvgIpc) is 3.00. The minimum Gasteiger partial charge on any atom is -0.378 e. The Morgan fingerprint density at radius 1 is 1.00 bits per heavy atom. The van der Waals surface area contributed by atoms with Crippen LogP contribution in [-0.2, 0) is 24.2 Å². The first-order valence-corrected chi connectivity index (χ1v) is 15.0. The molecule has 1 fully saturated rings. The minimum absolute atomic E-state index is 0.176. The predicted octanol–water partition coefficient (Wildman–Crippen LogP) is 5.88. The lowest BCUT2D eigenvalue weighted by molar-refractivity contribution is 0.122. The van der Waals surface area contributed by atoms with Crippen LogP contribution in [0.3, 0.4) is 0 Å². The molecule has 3 heterocycles. The molecule has 218 valence electrons. The van der Waals surface area contributed by atoms with E-state index in [4.69, 9.17) is 14.7 Å². The Morgan fingerprint density at radius 3 is 2.49 bits per heavy atom. The molecule has 1 saturated heterocycles. The predicted molar refractivity (Wildman–Crippen MR) is 165 cm³/mol. The molecule has 0 radical (unpaired) electrons. The summed E-state index contributed by atoms with van der Waals surface area (Å²) in [5.74, 6) is 1.77. The van der Waals surface area contributed by atoms with Gasteiger partial charge in [0, 0.05) is 56.1 Å². The molecule has 2 aliphatic heterocycles. The number of ether oxygens (including phenoxy) is 1. The van der Waals surface area contributed by atoms with Gasteiger partial charge < -0.3 is 20.3 Å². The van der Waals surface area contributed by atoms with Crippen LogP contribution in [0.5, 0.6) is 0 Å². The van der Waals surface area contributed by atoms with Gasteiger partial charge >= 0.3 is 6.03 Å². The van der Waals surface area contributed by atoms with Crippen LogP contribution in [-0.4, -0.2) is 60.3 Å². The molecule has 1 aromatic heterocycles. The summed E-state index contributed by atoms with van der Waals surface area (Å²) in [4.78, 5) is 27.4. The van der Waals surface area contributed by atoms with Crippen molar-refractivity contribution in [1.82, 2.24) is 20.2 Å². The van der Waals surface area contributed by atoms with Gasteiger partial charge in [-0.05, 0) is 54.5 Å². The molecule has 8 heteroatoms. The van der Waals surface area contributed by atoms with Gasteiger partial charge in [-0.15, -0.1) is 0 Å².